The lowest BCUT2D eigenvalue weighted by Crippen LogP contribution is -2.41. The quantitative estimate of drug-likeness (QED) is 0.526. The number of hydrogen-bond acceptors (Lipinski definition) is 4. The van der Waals surface area contributed by atoms with Crippen molar-refractivity contribution in [2.24, 2.45) is 0 Å². The molecule has 0 aromatic heterocycles. The molecule has 5 nitrogen and oxygen atoms in total. The Labute approximate surface area is 105 Å². The van der Waals surface area contributed by atoms with Crippen molar-refractivity contribution in [2.75, 3.05) is 26.3 Å². The Kier molecular flexibility index (Phi) is 3.94. The molecule has 18 heavy (non-hydrogen) atoms. The van der Waals surface area contributed by atoms with Gasteiger partial charge >= 0.3 is 12.1 Å². The van der Waals surface area contributed by atoms with Gasteiger partial charge in [0, 0.05) is 20.0 Å². The first-order chi connectivity index (χ1) is 8.66. The van der Waals surface area contributed by atoms with E-state index >= 15 is 0 Å². The molecule has 0 radical (unpaired) electrons. The van der Waals surface area contributed by atoms with Gasteiger partial charge in [-0.1, -0.05) is 18.2 Å². The molecule has 0 spiro atoms. The Bertz CT molecular complexity index is 435. The van der Waals surface area contributed by atoms with Crippen molar-refractivity contribution in [3.63, 3.8) is 0 Å². The van der Waals surface area contributed by atoms with Crippen molar-refractivity contribution in [2.45, 2.75) is 6.92 Å². The monoisotopic (exact) mass is 249 g/mol. The first kappa shape index (κ1) is 12.6. The Balaban J connectivity index is 0.000000164. The molecule has 0 aromatic rings. The van der Waals surface area contributed by atoms with Crippen LogP contribution in [0.4, 0.5) is 4.79 Å². The highest BCUT2D eigenvalue weighted by molar-refractivity contribution is 5.83. The molecule has 1 heterocycles. The summed E-state index contributed by atoms with van der Waals surface area (Å²) in [5.74, 6) is -0.577. The first-order valence-corrected chi connectivity index (χ1v) is 5.82. The van der Waals surface area contributed by atoms with Crippen LogP contribution >= 0.6 is 0 Å². The summed E-state index contributed by atoms with van der Waals surface area (Å²) in [5, 5.41) is 0. The van der Waals surface area contributed by atoms with Crippen LogP contribution in [0.5, 0.6) is 0 Å². The molecule has 0 saturated carbocycles. The van der Waals surface area contributed by atoms with Crippen LogP contribution in [0.2, 0.25) is 0 Å². The number of rotatable bonds is 0. The number of carbonyl (C=O) groups excluding carboxylic acids is 2. The van der Waals surface area contributed by atoms with Crippen LogP contribution in [0, 0.1) is 0 Å². The van der Waals surface area contributed by atoms with Crippen molar-refractivity contribution < 1.29 is 19.1 Å². The van der Waals surface area contributed by atoms with Crippen LogP contribution in [-0.4, -0.2) is 43.3 Å². The van der Waals surface area contributed by atoms with Crippen LogP contribution in [-0.2, 0) is 14.3 Å². The number of hydrogen-bond donors (Lipinski definition) is 0. The van der Waals surface area contributed by atoms with E-state index in [-0.39, 0.29) is 0 Å². The lowest BCUT2D eigenvalue weighted by atomic mass is 10.5. The largest absolute Gasteiger partial charge is 0.417 e. The van der Waals surface area contributed by atoms with Gasteiger partial charge in [0.15, 0.2) is 0 Å². The molecule has 0 aromatic carbocycles. The van der Waals surface area contributed by atoms with Gasteiger partial charge in [0.1, 0.15) is 0 Å². The fraction of sp³-hybridized carbons (Fsp3) is 0.385. The molecule has 0 bridgehead atoms. The molecule has 1 amide bonds. The summed E-state index contributed by atoms with van der Waals surface area (Å²) in [6.07, 6.45) is -0.578. The maximum absolute atomic E-state index is 11.0. The first-order valence-electron chi connectivity index (χ1n) is 5.82. The predicted molar refractivity (Wildman–Crippen MR) is 65.0 cm³/mol. The van der Waals surface area contributed by atoms with E-state index in [2.05, 4.69) is 29.0 Å². The van der Waals surface area contributed by atoms with Crippen molar-refractivity contribution in [1.29, 1.82) is 0 Å². The van der Waals surface area contributed by atoms with Crippen molar-refractivity contribution in [3.8, 4) is 11.1 Å². The molecule has 1 fully saturated rings. The lowest BCUT2D eigenvalue weighted by molar-refractivity contribution is -0.136. The van der Waals surface area contributed by atoms with E-state index in [1.165, 1.54) is 23.0 Å². The number of esters is 1. The van der Waals surface area contributed by atoms with Crippen LogP contribution in [0.1, 0.15) is 6.92 Å². The van der Waals surface area contributed by atoms with Crippen LogP contribution < -0.4 is 0 Å². The molecular weight excluding hydrogens is 234 g/mol. The van der Waals surface area contributed by atoms with E-state index in [9.17, 15) is 9.59 Å². The predicted octanol–water partition coefficient (Wildman–Crippen LogP) is 1.67. The third kappa shape index (κ3) is 3.56. The number of fused-ring (bicyclic) bond motifs is 1. The Hall–Kier alpha value is -1.88. The summed E-state index contributed by atoms with van der Waals surface area (Å²) in [7, 11) is 0. The normalized spacial score (nSPS) is 15.3. The molecule has 5 heteroatoms. The summed E-state index contributed by atoms with van der Waals surface area (Å²) in [5.41, 5.74) is 2.85. The zero-order valence-electron chi connectivity index (χ0n) is 10.2. The summed E-state index contributed by atoms with van der Waals surface area (Å²) in [6, 6.07) is 8.48. The van der Waals surface area contributed by atoms with Gasteiger partial charge in [0.05, 0.1) is 13.2 Å². The minimum atomic E-state index is -0.578. The van der Waals surface area contributed by atoms with E-state index in [1.54, 1.807) is 0 Å². The van der Waals surface area contributed by atoms with Gasteiger partial charge in [0.2, 0.25) is 0 Å². The minimum Gasteiger partial charge on any atom is -0.378 e. The van der Waals surface area contributed by atoms with Gasteiger partial charge in [-0.15, -0.1) is 0 Å². The summed E-state index contributed by atoms with van der Waals surface area (Å²) < 4.78 is 9.40. The number of ether oxygens (including phenoxy) is 2. The minimum absolute atomic E-state index is 0.492. The SMILES string of the molecule is CC(=O)OC(=O)N1CCOCC1.c1cc2cc-2c1. The van der Waals surface area contributed by atoms with Gasteiger partial charge in [-0.3, -0.25) is 4.79 Å². The van der Waals surface area contributed by atoms with Crippen LogP contribution in [0.15, 0.2) is 24.3 Å². The third-order valence-electron chi connectivity index (χ3n) is 2.61. The second-order valence-electron chi connectivity index (χ2n) is 4.04. The maximum Gasteiger partial charge on any atom is 0.417 e. The second kappa shape index (κ2) is 5.64. The molecule has 1 aliphatic heterocycles. The van der Waals surface area contributed by atoms with E-state index in [0.717, 1.165) is 0 Å². The van der Waals surface area contributed by atoms with Crippen LogP contribution in [0.25, 0.3) is 11.1 Å². The van der Waals surface area contributed by atoms with Gasteiger partial charge in [-0.05, 0) is 17.2 Å². The second-order valence-corrected chi connectivity index (χ2v) is 4.04. The maximum atomic E-state index is 11.0. The van der Waals surface area contributed by atoms with Gasteiger partial charge in [-0.25, -0.2) is 4.79 Å². The highest BCUT2D eigenvalue weighted by atomic mass is 16.6. The number of morpholine rings is 1. The summed E-state index contributed by atoms with van der Waals surface area (Å²) >= 11 is 0. The molecule has 0 unspecified atom stereocenters. The highest BCUT2D eigenvalue weighted by Gasteiger charge is 2.19. The Morgan fingerprint density at radius 2 is 1.83 bits per heavy atom. The molecule has 3 rings (SSSR count). The molecule has 0 atom stereocenters. The molecule has 1 saturated heterocycles. The summed E-state index contributed by atoms with van der Waals surface area (Å²) in [4.78, 5) is 22.9. The molecule has 0 N–H and O–H groups in total. The number of nitrogens with zero attached hydrogens (tertiary/aromatic N) is 1. The van der Waals surface area contributed by atoms with Gasteiger partial charge in [-0.2, -0.15) is 0 Å². The average Bonchev–Trinajstić information content (AvgIpc) is 2.97. The number of benzene rings is 1. The smallest absolute Gasteiger partial charge is 0.378 e. The van der Waals surface area contributed by atoms with Gasteiger partial charge < -0.3 is 14.4 Å². The fourth-order valence-corrected chi connectivity index (χ4v) is 1.61. The standard InChI is InChI=1S/C7H11NO4.C6H4/c1-6(9)12-7(10)8-2-4-11-5-3-8;1-2-5-4-6(5)3-1/h2-5H2,1H3;1-4H. The third-order valence-corrected chi connectivity index (χ3v) is 2.61. The fourth-order valence-electron chi connectivity index (χ4n) is 1.61. The molecule has 2 aliphatic carbocycles. The van der Waals surface area contributed by atoms with Crippen molar-refractivity contribution >= 4 is 12.1 Å². The van der Waals surface area contributed by atoms with E-state index in [1.807, 2.05) is 0 Å². The number of amides is 1. The van der Waals surface area contributed by atoms with Crippen LogP contribution in [0.3, 0.4) is 0 Å². The Morgan fingerprint density at radius 3 is 2.22 bits per heavy atom. The summed E-state index contributed by atoms with van der Waals surface area (Å²) in [6.45, 7) is 3.20. The zero-order valence-corrected chi connectivity index (χ0v) is 10.2. The molecular formula is C13H15NO4. The Morgan fingerprint density at radius 1 is 1.22 bits per heavy atom. The van der Waals surface area contributed by atoms with Crippen molar-refractivity contribution in [3.05, 3.63) is 24.3 Å². The number of carbonyl (C=O) groups is 2. The molecule has 3 aliphatic rings. The van der Waals surface area contributed by atoms with Gasteiger partial charge in [0.25, 0.3) is 0 Å². The zero-order chi connectivity index (χ0) is 13.0. The highest BCUT2D eigenvalue weighted by Crippen LogP contribution is 2.32. The average molecular weight is 249 g/mol. The van der Waals surface area contributed by atoms with E-state index in [0.29, 0.717) is 26.3 Å². The van der Waals surface area contributed by atoms with Crippen molar-refractivity contribution in [1.82, 2.24) is 4.90 Å². The van der Waals surface area contributed by atoms with E-state index < -0.39 is 12.1 Å². The molecule has 96 valence electrons. The topological polar surface area (TPSA) is 55.8 Å². The lowest BCUT2D eigenvalue weighted by Gasteiger charge is -2.25. The van der Waals surface area contributed by atoms with E-state index in [4.69, 9.17) is 4.74 Å².